The zero-order valence-corrected chi connectivity index (χ0v) is 54.6. The molecule has 10 heteroatoms. The first-order valence-corrected chi connectivity index (χ1v) is 34.5. The molecule has 0 aliphatic carbocycles. The lowest BCUT2D eigenvalue weighted by Gasteiger charge is -2.19. The molecule has 6 aromatic rings. The van der Waals surface area contributed by atoms with Crippen LogP contribution in [0.5, 0.6) is 0 Å². The van der Waals surface area contributed by atoms with Crippen molar-refractivity contribution >= 4 is 79.7 Å². The number of fused-ring (bicyclic) bond motifs is 2. The molecule has 1 unspecified atom stereocenters. The van der Waals surface area contributed by atoms with Crippen molar-refractivity contribution < 1.29 is 18.4 Å². The number of hydrogen-bond acceptors (Lipinski definition) is 6. The fourth-order valence-electron chi connectivity index (χ4n) is 12.0. The van der Waals surface area contributed by atoms with Gasteiger partial charge in [0.2, 0.25) is 0 Å². The smallest absolute Gasteiger partial charge is 0.259 e. The predicted octanol–water partition coefficient (Wildman–Crippen LogP) is 22.9. The van der Waals surface area contributed by atoms with Crippen LogP contribution in [0.15, 0.2) is 60.7 Å². The number of hydrogen-bond donors (Lipinski definition) is 0. The van der Waals surface area contributed by atoms with Crippen molar-refractivity contribution in [2.75, 3.05) is 22.9 Å². The van der Waals surface area contributed by atoms with Gasteiger partial charge in [0.15, 0.2) is 0 Å². The Morgan fingerprint density at radius 1 is 0.469 bits per heavy atom. The first-order chi connectivity index (χ1) is 38.7. The van der Waals surface area contributed by atoms with E-state index in [0.717, 1.165) is 111 Å². The van der Waals surface area contributed by atoms with Crippen molar-refractivity contribution in [2.45, 2.75) is 229 Å². The summed E-state index contributed by atoms with van der Waals surface area (Å²) in [6.07, 6.45) is 23.8. The van der Waals surface area contributed by atoms with E-state index in [2.05, 4.69) is 132 Å². The second kappa shape index (κ2) is 28.1. The summed E-state index contributed by atoms with van der Waals surface area (Å²) in [6, 6.07) is 20.8. The summed E-state index contributed by atoms with van der Waals surface area (Å²) in [5.41, 5.74) is 8.86. The third-order valence-corrected chi connectivity index (χ3v) is 22.3. The fourth-order valence-corrected chi connectivity index (χ4v) is 16.8. The van der Waals surface area contributed by atoms with Crippen LogP contribution in [0.1, 0.15) is 237 Å². The molecule has 0 saturated heterocycles. The molecule has 2 amide bonds. The minimum atomic E-state index is -0.388. The summed E-state index contributed by atoms with van der Waals surface area (Å²) in [6.45, 7) is 27.9. The van der Waals surface area contributed by atoms with Gasteiger partial charge in [-0.1, -0.05) is 217 Å². The second-order valence-electron chi connectivity index (χ2n) is 26.1. The van der Waals surface area contributed by atoms with E-state index in [4.69, 9.17) is 0 Å². The van der Waals surface area contributed by atoms with E-state index in [1.807, 2.05) is 21.1 Å². The first kappa shape index (κ1) is 62.8. The Morgan fingerprint density at radius 2 is 0.926 bits per heavy atom. The number of anilines is 2. The summed E-state index contributed by atoms with van der Waals surface area (Å²) in [7, 11) is 0. The predicted molar refractivity (Wildman–Crippen MR) is 351 cm³/mol. The number of unbranched alkanes of at least 4 members (excludes halogenated alkanes) is 15. The van der Waals surface area contributed by atoms with Gasteiger partial charge < -0.3 is 9.80 Å². The largest absolute Gasteiger partial charge is 0.308 e. The molecular weight excluding hydrogens is 1080 g/mol. The van der Waals surface area contributed by atoms with Crippen molar-refractivity contribution in [1.29, 1.82) is 0 Å². The molecule has 8 rings (SSSR count). The van der Waals surface area contributed by atoms with Gasteiger partial charge in [-0.15, -0.1) is 45.3 Å². The van der Waals surface area contributed by atoms with E-state index in [-0.39, 0.29) is 34.3 Å². The van der Waals surface area contributed by atoms with Crippen molar-refractivity contribution in [3.8, 4) is 40.4 Å². The number of carbonyl (C=O) groups excluding carboxylic acids is 2. The average Bonchev–Trinajstić information content (AvgIpc) is 2.84. The number of halogens is 2. The Bertz CT molecular complexity index is 3130. The number of carbonyl (C=O) groups is 2. The molecule has 438 valence electrons. The number of nitrogens with zero attached hydrogens (tertiary/aromatic N) is 2. The SMILES string of the molecule is CCCCCCCCC(C)Cc1cc(-c2ccc3c(c2)N(CCCCCCCC)C(=O)/C3=C2/C(=O)N(CCCCCCCC)c3cc(-c4cc(CC(C)C)c(C(C)(C)C)s4)ccc32)sc1-c1cc(F)c(-c2sc(C(C)(C)C)cc2F)s1. The lowest BCUT2D eigenvalue weighted by Crippen LogP contribution is -2.30. The van der Waals surface area contributed by atoms with Crippen LogP contribution in [0.3, 0.4) is 0 Å². The standard InChI is InChI=1S/C71H94F2N2O2S4/c1-13-16-19-22-25-28-31-47(6)39-50-42-58(78-64(50)60-44-54(72)65(79-60)66-55(73)45-61(81-66)70(7,8)9)48-32-34-52-56(40-48)74(36-29-26-23-20-17-14-2)68(76)62(52)63-53-35-33-49(59-43-51(38-46(4)5)67(80-59)71(10,11)12)41-57(53)75(69(63)77)37-30-27-24-21-18-15-3/h32-35,40-47H,13-31,36-39H2,1-12H3/b63-62+. The summed E-state index contributed by atoms with van der Waals surface area (Å²) in [4.78, 5) is 42.0. The Kier molecular flexibility index (Phi) is 21.8. The summed E-state index contributed by atoms with van der Waals surface area (Å²) in [5.74, 6) is 0.00729. The molecule has 0 spiro atoms. The summed E-state index contributed by atoms with van der Waals surface area (Å²) < 4.78 is 32.0. The normalized spacial score (nSPS) is 15.1. The molecule has 2 aromatic carbocycles. The Morgan fingerprint density at radius 3 is 1.42 bits per heavy atom. The topological polar surface area (TPSA) is 40.6 Å². The maximum atomic E-state index is 16.3. The van der Waals surface area contributed by atoms with Crippen molar-refractivity contribution in [2.24, 2.45) is 11.8 Å². The fraction of sp³-hybridized carbons (Fsp3) is 0.549. The van der Waals surface area contributed by atoms with Gasteiger partial charge in [0.1, 0.15) is 11.6 Å². The van der Waals surface area contributed by atoms with Gasteiger partial charge in [0.25, 0.3) is 11.8 Å². The molecular formula is C71H94F2N2O2S4. The lowest BCUT2D eigenvalue weighted by molar-refractivity contribution is -0.114. The number of thiophene rings is 4. The monoisotopic (exact) mass is 1170 g/mol. The van der Waals surface area contributed by atoms with Crippen LogP contribution in [-0.4, -0.2) is 24.9 Å². The van der Waals surface area contributed by atoms with Crippen molar-refractivity contribution in [3.63, 3.8) is 0 Å². The Hall–Kier alpha value is -4.22. The quantitative estimate of drug-likeness (QED) is 0.0347. The van der Waals surface area contributed by atoms with E-state index in [1.165, 1.54) is 121 Å². The van der Waals surface area contributed by atoms with E-state index in [9.17, 15) is 0 Å². The maximum Gasteiger partial charge on any atom is 0.259 e. The van der Waals surface area contributed by atoms with Crippen LogP contribution in [0, 0.1) is 23.5 Å². The maximum absolute atomic E-state index is 16.3. The van der Waals surface area contributed by atoms with Crippen molar-refractivity contribution in [3.05, 3.63) is 104 Å². The van der Waals surface area contributed by atoms with Crippen LogP contribution in [0.4, 0.5) is 20.2 Å². The highest BCUT2D eigenvalue weighted by Gasteiger charge is 2.42. The molecule has 4 nitrogen and oxygen atoms in total. The highest BCUT2D eigenvalue weighted by Crippen LogP contribution is 2.52. The summed E-state index contributed by atoms with van der Waals surface area (Å²) in [5, 5.41) is 0. The van der Waals surface area contributed by atoms with Gasteiger partial charge in [0, 0.05) is 53.5 Å². The van der Waals surface area contributed by atoms with Gasteiger partial charge in [-0.25, -0.2) is 8.78 Å². The van der Waals surface area contributed by atoms with Gasteiger partial charge in [-0.3, -0.25) is 9.59 Å². The Labute approximate surface area is 502 Å². The zero-order chi connectivity index (χ0) is 58.2. The molecule has 0 saturated carbocycles. The number of rotatable bonds is 29. The molecule has 2 aliphatic heterocycles. The number of amides is 2. The van der Waals surface area contributed by atoms with Gasteiger partial charge >= 0.3 is 0 Å². The third-order valence-electron chi connectivity index (χ3n) is 16.4. The van der Waals surface area contributed by atoms with Crippen LogP contribution < -0.4 is 9.80 Å². The van der Waals surface area contributed by atoms with Gasteiger partial charge in [-0.2, -0.15) is 0 Å². The van der Waals surface area contributed by atoms with Crippen LogP contribution in [-0.2, 0) is 33.3 Å². The van der Waals surface area contributed by atoms with E-state index < -0.39 is 0 Å². The van der Waals surface area contributed by atoms with E-state index >= 15 is 18.4 Å². The van der Waals surface area contributed by atoms with E-state index in [0.29, 0.717) is 45.8 Å². The number of benzene rings is 2. The Balaban J connectivity index is 1.22. The minimum absolute atomic E-state index is 0.00881. The van der Waals surface area contributed by atoms with Gasteiger partial charge in [-0.05, 0) is 107 Å². The van der Waals surface area contributed by atoms with Crippen LogP contribution >= 0.6 is 45.3 Å². The molecule has 1 atom stereocenters. The second-order valence-corrected chi connectivity index (χ2v) is 30.3. The molecule has 6 heterocycles. The molecule has 0 bridgehead atoms. The van der Waals surface area contributed by atoms with Gasteiger partial charge in [0.05, 0.1) is 32.3 Å². The molecule has 0 N–H and O–H groups in total. The van der Waals surface area contributed by atoms with Crippen LogP contribution in [0.25, 0.3) is 51.5 Å². The molecule has 0 fully saturated rings. The van der Waals surface area contributed by atoms with Crippen molar-refractivity contribution in [1.82, 2.24) is 0 Å². The lowest BCUT2D eigenvalue weighted by atomic mass is 9.89. The molecule has 2 aliphatic rings. The average molecular weight is 1170 g/mol. The highest BCUT2D eigenvalue weighted by atomic mass is 32.1. The molecule has 0 radical (unpaired) electrons. The summed E-state index contributed by atoms with van der Waals surface area (Å²) >= 11 is 6.25. The third kappa shape index (κ3) is 15.0. The molecule has 81 heavy (non-hydrogen) atoms. The first-order valence-electron chi connectivity index (χ1n) is 31.3. The van der Waals surface area contributed by atoms with Crippen LogP contribution in [0.2, 0.25) is 0 Å². The minimum Gasteiger partial charge on any atom is -0.308 e. The zero-order valence-electron chi connectivity index (χ0n) is 51.3. The highest BCUT2D eigenvalue weighted by molar-refractivity contribution is 7.27. The van der Waals surface area contributed by atoms with E-state index in [1.54, 1.807) is 23.5 Å². The molecule has 4 aromatic heterocycles.